The summed E-state index contributed by atoms with van der Waals surface area (Å²) in [5.41, 5.74) is 2.16. The molecule has 3 aromatic rings. The Morgan fingerprint density at radius 1 is 1.08 bits per heavy atom. The second kappa shape index (κ2) is 6.46. The first-order valence-electron chi connectivity index (χ1n) is 7.34. The van der Waals surface area contributed by atoms with Crippen molar-refractivity contribution in [1.29, 1.82) is 0 Å². The van der Waals surface area contributed by atoms with Gasteiger partial charge in [0.05, 0.1) is 5.56 Å². The molecule has 9 heteroatoms. The highest BCUT2D eigenvalue weighted by Crippen LogP contribution is 2.37. The second-order valence-electron chi connectivity index (χ2n) is 5.74. The normalized spacial score (nSPS) is 11.8. The lowest BCUT2D eigenvalue weighted by Crippen LogP contribution is -2.16. The van der Waals surface area contributed by atoms with E-state index in [4.69, 9.17) is 21.3 Å². The Morgan fingerprint density at radius 3 is 2.23 bits per heavy atom. The Labute approximate surface area is 153 Å². The van der Waals surface area contributed by atoms with Crippen LogP contribution in [-0.2, 0) is 10.0 Å². The van der Waals surface area contributed by atoms with Gasteiger partial charge in [-0.15, -0.1) is 0 Å². The summed E-state index contributed by atoms with van der Waals surface area (Å²) in [6.45, 7) is 3.41. The van der Waals surface area contributed by atoms with Crippen LogP contribution < -0.4 is 5.14 Å². The number of aromatic nitrogens is 1. The van der Waals surface area contributed by atoms with Gasteiger partial charge in [0.1, 0.15) is 23.1 Å². The molecule has 0 fully saturated rings. The molecule has 1 aromatic heterocycles. The van der Waals surface area contributed by atoms with Crippen LogP contribution in [0.3, 0.4) is 0 Å². The molecule has 1 heterocycles. The molecular weight excluding hydrogens is 386 g/mol. The maximum absolute atomic E-state index is 14.2. The molecule has 0 radical (unpaired) electrons. The lowest BCUT2D eigenvalue weighted by atomic mass is 9.98. The predicted molar refractivity (Wildman–Crippen MR) is 93.1 cm³/mol. The Morgan fingerprint density at radius 2 is 1.69 bits per heavy atom. The molecule has 0 atom stereocenters. The van der Waals surface area contributed by atoms with Crippen molar-refractivity contribution in [1.82, 2.24) is 5.16 Å². The van der Waals surface area contributed by atoms with Crippen molar-refractivity contribution in [2.75, 3.05) is 0 Å². The standard InChI is InChI=1S/C17H13ClF2N2O3S/c1-8-3-4-10(5-12(8)18)16-15(9(2)25-22-16)11-6-13(19)17(14(20)7-11)26(21,23)24/h3-7H,1-2H3,(H2,21,23,24). The monoisotopic (exact) mass is 398 g/mol. The van der Waals surface area contributed by atoms with Crippen LogP contribution in [-0.4, -0.2) is 13.6 Å². The molecule has 136 valence electrons. The van der Waals surface area contributed by atoms with Crippen LogP contribution in [0.1, 0.15) is 11.3 Å². The highest BCUT2D eigenvalue weighted by Gasteiger charge is 2.25. The number of aryl methyl sites for hydroxylation is 2. The van der Waals surface area contributed by atoms with Crippen LogP contribution >= 0.6 is 11.6 Å². The van der Waals surface area contributed by atoms with Gasteiger partial charge in [-0.3, -0.25) is 0 Å². The quantitative estimate of drug-likeness (QED) is 0.716. The summed E-state index contributed by atoms with van der Waals surface area (Å²) in [5, 5.41) is 9.29. The first-order valence-corrected chi connectivity index (χ1v) is 9.27. The fourth-order valence-electron chi connectivity index (χ4n) is 2.63. The van der Waals surface area contributed by atoms with Crippen molar-refractivity contribution >= 4 is 21.6 Å². The summed E-state index contributed by atoms with van der Waals surface area (Å²) in [6.07, 6.45) is 0. The molecule has 0 saturated heterocycles. The van der Waals surface area contributed by atoms with E-state index in [0.29, 0.717) is 27.6 Å². The van der Waals surface area contributed by atoms with Crippen LogP contribution in [0.25, 0.3) is 22.4 Å². The average Bonchev–Trinajstić information content (AvgIpc) is 2.89. The molecule has 3 rings (SSSR count). The summed E-state index contributed by atoms with van der Waals surface area (Å²) in [4.78, 5) is -1.18. The summed E-state index contributed by atoms with van der Waals surface area (Å²) >= 11 is 6.13. The molecule has 2 N–H and O–H groups in total. The van der Waals surface area contributed by atoms with Crippen LogP contribution in [0.5, 0.6) is 0 Å². The molecule has 0 amide bonds. The van der Waals surface area contributed by atoms with E-state index in [1.807, 2.05) is 6.92 Å². The van der Waals surface area contributed by atoms with Gasteiger partial charge in [0.25, 0.3) is 0 Å². The molecule has 26 heavy (non-hydrogen) atoms. The van der Waals surface area contributed by atoms with Gasteiger partial charge in [-0.05, 0) is 43.2 Å². The molecule has 0 saturated carbocycles. The summed E-state index contributed by atoms with van der Waals surface area (Å²) < 4.78 is 56.3. The number of benzene rings is 2. The molecule has 5 nitrogen and oxygen atoms in total. The lowest BCUT2D eigenvalue weighted by Gasteiger charge is -2.08. The van der Waals surface area contributed by atoms with E-state index in [-0.39, 0.29) is 5.56 Å². The number of sulfonamides is 1. The minimum absolute atomic E-state index is 0.0675. The van der Waals surface area contributed by atoms with E-state index in [0.717, 1.165) is 17.7 Å². The van der Waals surface area contributed by atoms with Crippen molar-refractivity contribution in [3.8, 4) is 22.4 Å². The minimum atomic E-state index is -4.54. The summed E-state index contributed by atoms with van der Waals surface area (Å²) in [6, 6.07) is 6.93. The van der Waals surface area contributed by atoms with Gasteiger partial charge in [-0.1, -0.05) is 28.9 Å². The first kappa shape index (κ1) is 18.5. The van der Waals surface area contributed by atoms with E-state index in [1.54, 1.807) is 25.1 Å². The molecule has 0 bridgehead atoms. The van der Waals surface area contributed by atoms with E-state index in [1.165, 1.54) is 0 Å². The van der Waals surface area contributed by atoms with Gasteiger partial charge < -0.3 is 4.52 Å². The molecule has 2 aromatic carbocycles. The largest absolute Gasteiger partial charge is 0.360 e. The van der Waals surface area contributed by atoms with Gasteiger partial charge in [0.15, 0.2) is 4.90 Å². The van der Waals surface area contributed by atoms with Crippen LogP contribution in [0.15, 0.2) is 39.8 Å². The van der Waals surface area contributed by atoms with Crippen molar-refractivity contribution in [2.45, 2.75) is 18.7 Å². The van der Waals surface area contributed by atoms with Gasteiger partial charge in [0, 0.05) is 10.6 Å². The third-order valence-electron chi connectivity index (χ3n) is 3.88. The molecule has 0 spiro atoms. The predicted octanol–water partition coefficient (Wildman–Crippen LogP) is 4.20. The Kier molecular flexibility index (Phi) is 4.60. The topological polar surface area (TPSA) is 86.2 Å². The van der Waals surface area contributed by atoms with Gasteiger partial charge in [-0.2, -0.15) is 0 Å². The number of hydrogen-bond donors (Lipinski definition) is 1. The Hall–Kier alpha value is -2.29. The maximum Gasteiger partial charge on any atom is 0.243 e. The van der Waals surface area contributed by atoms with Crippen molar-refractivity contribution in [3.05, 3.63) is 58.3 Å². The summed E-state index contributed by atoms with van der Waals surface area (Å²) in [5.74, 6) is -2.29. The van der Waals surface area contributed by atoms with Crippen molar-refractivity contribution < 1.29 is 21.7 Å². The second-order valence-corrected chi connectivity index (χ2v) is 7.65. The van der Waals surface area contributed by atoms with E-state index >= 15 is 0 Å². The highest BCUT2D eigenvalue weighted by atomic mass is 35.5. The fraction of sp³-hybridized carbons (Fsp3) is 0.118. The lowest BCUT2D eigenvalue weighted by molar-refractivity contribution is 0.400. The third kappa shape index (κ3) is 3.23. The molecule has 0 aliphatic rings. The summed E-state index contributed by atoms with van der Waals surface area (Å²) in [7, 11) is -4.54. The van der Waals surface area contributed by atoms with Gasteiger partial charge in [-0.25, -0.2) is 22.3 Å². The van der Waals surface area contributed by atoms with E-state index < -0.39 is 26.6 Å². The number of halogens is 3. The van der Waals surface area contributed by atoms with Crippen molar-refractivity contribution in [2.24, 2.45) is 5.14 Å². The number of nitrogens with zero attached hydrogens (tertiary/aromatic N) is 1. The number of primary sulfonamides is 1. The number of hydrogen-bond acceptors (Lipinski definition) is 4. The maximum atomic E-state index is 14.2. The van der Waals surface area contributed by atoms with Crippen LogP contribution in [0.2, 0.25) is 5.02 Å². The van der Waals surface area contributed by atoms with Crippen LogP contribution in [0, 0.1) is 25.5 Å². The molecule has 0 aliphatic heterocycles. The third-order valence-corrected chi connectivity index (χ3v) is 5.25. The Bertz CT molecular complexity index is 1100. The number of rotatable bonds is 3. The Balaban J connectivity index is 2.23. The smallest absolute Gasteiger partial charge is 0.243 e. The zero-order chi connectivity index (χ0) is 19.2. The molecule has 0 unspecified atom stereocenters. The van der Waals surface area contributed by atoms with E-state index in [2.05, 4.69) is 5.16 Å². The number of nitrogens with two attached hydrogens (primary N) is 1. The fourth-order valence-corrected chi connectivity index (χ4v) is 3.47. The molecular formula is C17H13ClF2N2O3S. The SMILES string of the molecule is Cc1ccc(-c2noc(C)c2-c2cc(F)c(S(N)(=O)=O)c(F)c2)cc1Cl. The van der Waals surface area contributed by atoms with E-state index in [9.17, 15) is 17.2 Å². The highest BCUT2D eigenvalue weighted by molar-refractivity contribution is 7.89. The minimum Gasteiger partial charge on any atom is -0.360 e. The molecule has 0 aliphatic carbocycles. The van der Waals surface area contributed by atoms with Gasteiger partial charge >= 0.3 is 0 Å². The zero-order valence-electron chi connectivity index (χ0n) is 13.7. The first-order chi connectivity index (χ1) is 12.1. The van der Waals surface area contributed by atoms with Gasteiger partial charge in [0.2, 0.25) is 10.0 Å². The average molecular weight is 399 g/mol. The zero-order valence-corrected chi connectivity index (χ0v) is 15.3. The van der Waals surface area contributed by atoms with Crippen molar-refractivity contribution in [3.63, 3.8) is 0 Å². The van der Waals surface area contributed by atoms with Crippen LogP contribution in [0.4, 0.5) is 8.78 Å².